The lowest BCUT2D eigenvalue weighted by Gasteiger charge is -2.15. The van der Waals surface area contributed by atoms with Crippen LogP contribution in [0.25, 0.3) is 0 Å². The van der Waals surface area contributed by atoms with Crippen LogP contribution in [0.2, 0.25) is 0 Å². The molecule has 2 amide bonds. The predicted octanol–water partition coefficient (Wildman–Crippen LogP) is 4.18. The van der Waals surface area contributed by atoms with Crippen LogP contribution in [0, 0.1) is 0 Å². The Labute approximate surface area is 133 Å². The fourth-order valence-electron chi connectivity index (χ4n) is 1.73. The number of benzene rings is 1. The van der Waals surface area contributed by atoms with E-state index in [1.54, 1.807) is 6.07 Å². The highest BCUT2D eigenvalue weighted by molar-refractivity contribution is 5.89. The van der Waals surface area contributed by atoms with Gasteiger partial charge in [0, 0.05) is 17.8 Å². The third-order valence-electron chi connectivity index (χ3n) is 3.11. The molecule has 1 rings (SSSR count). The molecule has 22 heavy (non-hydrogen) atoms. The minimum atomic E-state index is -0.210. The largest absolute Gasteiger partial charge is 0.490 e. The van der Waals surface area contributed by atoms with Gasteiger partial charge in [0.15, 0.2) is 11.5 Å². The summed E-state index contributed by atoms with van der Waals surface area (Å²) in [5.74, 6) is 1.37. The van der Waals surface area contributed by atoms with Gasteiger partial charge in [-0.2, -0.15) is 0 Å². The Morgan fingerprint density at radius 1 is 1.09 bits per heavy atom. The molecule has 2 N–H and O–H groups in total. The first kappa shape index (κ1) is 18.1. The minimum Gasteiger partial charge on any atom is -0.490 e. The maximum atomic E-state index is 11.9. The molecular formula is C17H28N2O3. The van der Waals surface area contributed by atoms with E-state index in [1.165, 1.54) is 0 Å². The van der Waals surface area contributed by atoms with Crippen LogP contribution in [-0.4, -0.2) is 25.3 Å². The molecule has 0 aromatic heterocycles. The maximum Gasteiger partial charge on any atom is 0.319 e. The number of carbonyl (C=O) groups is 1. The summed E-state index contributed by atoms with van der Waals surface area (Å²) in [7, 11) is 0. The number of urea groups is 1. The number of rotatable bonds is 9. The van der Waals surface area contributed by atoms with Crippen LogP contribution < -0.4 is 20.1 Å². The average Bonchev–Trinajstić information content (AvgIpc) is 2.51. The van der Waals surface area contributed by atoms with Gasteiger partial charge in [0.25, 0.3) is 0 Å². The lowest BCUT2D eigenvalue weighted by Crippen LogP contribution is -2.35. The highest BCUT2D eigenvalue weighted by atomic mass is 16.5. The number of hydrogen-bond acceptors (Lipinski definition) is 3. The summed E-state index contributed by atoms with van der Waals surface area (Å²) in [6, 6.07) is 5.39. The number of amides is 2. The minimum absolute atomic E-state index is 0.142. The van der Waals surface area contributed by atoms with Gasteiger partial charge in [-0.1, -0.05) is 20.8 Å². The van der Waals surface area contributed by atoms with E-state index in [9.17, 15) is 4.79 Å². The first-order chi connectivity index (χ1) is 10.6. The quantitative estimate of drug-likeness (QED) is 0.719. The second kappa shape index (κ2) is 9.92. The lowest BCUT2D eigenvalue weighted by molar-refractivity contribution is 0.249. The Morgan fingerprint density at radius 2 is 1.73 bits per heavy atom. The van der Waals surface area contributed by atoms with E-state index in [1.807, 2.05) is 32.9 Å². The number of nitrogens with one attached hydrogen (secondary N) is 2. The van der Waals surface area contributed by atoms with Crippen LogP contribution in [-0.2, 0) is 0 Å². The van der Waals surface area contributed by atoms with Gasteiger partial charge in [0.1, 0.15) is 0 Å². The third-order valence-corrected chi connectivity index (χ3v) is 3.11. The van der Waals surface area contributed by atoms with E-state index in [2.05, 4.69) is 17.6 Å². The molecule has 1 aromatic rings. The molecule has 5 nitrogen and oxygen atoms in total. The Kier molecular flexibility index (Phi) is 8.18. The summed E-state index contributed by atoms with van der Waals surface area (Å²) in [5.41, 5.74) is 0.691. The summed E-state index contributed by atoms with van der Waals surface area (Å²) < 4.78 is 11.4. The summed E-state index contributed by atoms with van der Waals surface area (Å²) in [4.78, 5) is 11.9. The summed E-state index contributed by atoms with van der Waals surface area (Å²) >= 11 is 0. The normalized spacial score (nSPS) is 11.6. The standard InChI is InChI=1S/C17H28N2O3/c1-5-10-21-15-9-8-14(12-16(15)22-11-6-2)19-17(20)18-13(4)7-3/h8-9,12-13H,5-7,10-11H2,1-4H3,(H2,18,19,20). The van der Waals surface area contributed by atoms with Crippen molar-refractivity contribution in [3.05, 3.63) is 18.2 Å². The van der Waals surface area contributed by atoms with E-state index in [4.69, 9.17) is 9.47 Å². The monoisotopic (exact) mass is 308 g/mol. The van der Waals surface area contributed by atoms with Gasteiger partial charge in [0.2, 0.25) is 0 Å². The van der Waals surface area contributed by atoms with Crippen LogP contribution in [0.4, 0.5) is 10.5 Å². The Bertz CT molecular complexity index is 463. The SMILES string of the molecule is CCCOc1ccc(NC(=O)NC(C)CC)cc1OCCC. The van der Waals surface area contributed by atoms with Gasteiger partial charge in [-0.05, 0) is 38.3 Å². The zero-order chi connectivity index (χ0) is 16.4. The Morgan fingerprint density at radius 3 is 2.32 bits per heavy atom. The molecule has 1 unspecified atom stereocenters. The van der Waals surface area contributed by atoms with Gasteiger partial charge >= 0.3 is 6.03 Å². The van der Waals surface area contributed by atoms with E-state index in [0.29, 0.717) is 30.4 Å². The molecule has 0 aliphatic carbocycles. The van der Waals surface area contributed by atoms with E-state index in [-0.39, 0.29) is 12.1 Å². The highest BCUT2D eigenvalue weighted by Crippen LogP contribution is 2.30. The molecule has 0 bridgehead atoms. The van der Waals surface area contributed by atoms with Gasteiger partial charge in [-0.15, -0.1) is 0 Å². The fourth-order valence-corrected chi connectivity index (χ4v) is 1.73. The maximum absolute atomic E-state index is 11.9. The molecule has 0 saturated heterocycles. The molecule has 0 fully saturated rings. The number of anilines is 1. The molecule has 0 radical (unpaired) electrons. The van der Waals surface area contributed by atoms with Crippen molar-refractivity contribution in [3.63, 3.8) is 0 Å². The molecule has 5 heteroatoms. The van der Waals surface area contributed by atoms with Gasteiger partial charge in [-0.3, -0.25) is 0 Å². The topological polar surface area (TPSA) is 59.6 Å². The van der Waals surface area contributed by atoms with Crippen molar-refractivity contribution in [2.75, 3.05) is 18.5 Å². The lowest BCUT2D eigenvalue weighted by atomic mass is 10.2. The molecule has 1 atom stereocenters. The first-order valence-electron chi connectivity index (χ1n) is 8.07. The smallest absolute Gasteiger partial charge is 0.319 e. The van der Waals surface area contributed by atoms with E-state index < -0.39 is 0 Å². The van der Waals surface area contributed by atoms with Crippen LogP contribution in [0.3, 0.4) is 0 Å². The highest BCUT2D eigenvalue weighted by Gasteiger charge is 2.10. The molecule has 0 heterocycles. The van der Waals surface area contributed by atoms with Crippen molar-refractivity contribution >= 4 is 11.7 Å². The number of ether oxygens (including phenoxy) is 2. The van der Waals surface area contributed by atoms with Crippen molar-refractivity contribution in [2.24, 2.45) is 0 Å². The second-order valence-electron chi connectivity index (χ2n) is 5.27. The Hall–Kier alpha value is -1.91. The molecular weight excluding hydrogens is 280 g/mol. The zero-order valence-electron chi connectivity index (χ0n) is 14.1. The van der Waals surface area contributed by atoms with Crippen LogP contribution in [0.5, 0.6) is 11.5 Å². The Balaban J connectivity index is 2.76. The summed E-state index contributed by atoms with van der Waals surface area (Å²) in [6.45, 7) is 9.36. The van der Waals surface area contributed by atoms with Crippen molar-refractivity contribution in [2.45, 2.75) is 53.0 Å². The molecule has 124 valence electrons. The molecule has 0 aliphatic rings. The van der Waals surface area contributed by atoms with Gasteiger partial charge < -0.3 is 20.1 Å². The van der Waals surface area contributed by atoms with Crippen LogP contribution >= 0.6 is 0 Å². The first-order valence-corrected chi connectivity index (χ1v) is 8.07. The second-order valence-corrected chi connectivity index (χ2v) is 5.27. The summed E-state index contributed by atoms with van der Waals surface area (Å²) in [6.07, 6.45) is 2.74. The van der Waals surface area contributed by atoms with Crippen molar-refractivity contribution < 1.29 is 14.3 Å². The zero-order valence-corrected chi connectivity index (χ0v) is 14.1. The molecule has 0 saturated carbocycles. The van der Waals surface area contributed by atoms with Gasteiger partial charge in [0.05, 0.1) is 13.2 Å². The summed E-state index contributed by atoms with van der Waals surface area (Å²) in [5, 5.41) is 5.69. The van der Waals surface area contributed by atoms with Crippen LogP contribution in [0.15, 0.2) is 18.2 Å². The predicted molar refractivity (Wildman–Crippen MR) is 89.9 cm³/mol. The van der Waals surface area contributed by atoms with E-state index in [0.717, 1.165) is 19.3 Å². The van der Waals surface area contributed by atoms with Crippen molar-refractivity contribution in [3.8, 4) is 11.5 Å². The van der Waals surface area contributed by atoms with Crippen LogP contribution in [0.1, 0.15) is 47.0 Å². The third kappa shape index (κ3) is 6.24. The van der Waals surface area contributed by atoms with Gasteiger partial charge in [-0.25, -0.2) is 4.79 Å². The molecule has 0 spiro atoms. The number of carbonyl (C=O) groups excluding carboxylic acids is 1. The fraction of sp³-hybridized carbons (Fsp3) is 0.588. The van der Waals surface area contributed by atoms with E-state index >= 15 is 0 Å². The number of hydrogen-bond donors (Lipinski definition) is 2. The van der Waals surface area contributed by atoms with Crippen molar-refractivity contribution in [1.29, 1.82) is 0 Å². The molecule has 1 aromatic carbocycles. The average molecular weight is 308 g/mol. The van der Waals surface area contributed by atoms with Crippen molar-refractivity contribution in [1.82, 2.24) is 5.32 Å². The molecule has 0 aliphatic heterocycles.